The van der Waals surface area contributed by atoms with Crippen molar-refractivity contribution in [1.29, 1.82) is 0 Å². The van der Waals surface area contributed by atoms with Gasteiger partial charge in [-0.1, -0.05) is 13.8 Å². The average Bonchev–Trinajstić information content (AvgIpc) is 2.76. The van der Waals surface area contributed by atoms with E-state index < -0.39 is 0 Å². The molecule has 2 atom stereocenters. The average molecular weight is 169 g/mol. The van der Waals surface area contributed by atoms with Crippen molar-refractivity contribution in [3.63, 3.8) is 0 Å². The molecule has 1 heterocycles. The van der Waals surface area contributed by atoms with Crippen LogP contribution in [-0.4, -0.2) is 18.9 Å². The Morgan fingerprint density at radius 3 is 2.58 bits per heavy atom. The Labute approximate surface area is 74.7 Å². The van der Waals surface area contributed by atoms with Crippen molar-refractivity contribution in [3.05, 3.63) is 0 Å². The summed E-state index contributed by atoms with van der Waals surface area (Å²) >= 11 is 0. The second-order valence-corrected chi connectivity index (χ2v) is 4.69. The van der Waals surface area contributed by atoms with Gasteiger partial charge in [-0.25, -0.2) is 0 Å². The van der Waals surface area contributed by atoms with Crippen LogP contribution in [0, 0.1) is 11.3 Å². The lowest BCUT2D eigenvalue weighted by molar-refractivity contribution is -0.114. The van der Waals surface area contributed by atoms with E-state index in [0.29, 0.717) is 17.4 Å². The van der Waals surface area contributed by atoms with Crippen LogP contribution in [0.3, 0.4) is 0 Å². The second-order valence-electron chi connectivity index (χ2n) is 4.69. The Hall–Kier alpha value is -0.0800. The Kier molecular flexibility index (Phi) is 1.92. The van der Waals surface area contributed by atoms with E-state index in [0.717, 1.165) is 6.54 Å². The van der Waals surface area contributed by atoms with Crippen LogP contribution in [0.25, 0.3) is 0 Å². The predicted molar refractivity (Wildman–Crippen MR) is 48.8 cm³/mol. The summed E-state index contributed by atoms with van der Waals surface area (Å²) in [7, 11) is 0. The van der Waals surface area contributed by atoms with Gasteiger partial charge < -0.3 is 4.74 Å². The molecule has 1 saturated carbocycles. The standard InChI is InChI=1S/C10H19NO/c1-7(2)9-10(4-5-10)6-11-8(3)12-9/h7-9,11H,4-6H2,1-3H3. The Morgan fingerprint density at radius 1 is 1.42 bits per heavy atom. The highest BCUT2D eigenvalue weighted by Crippen LogP contribution is 2.53. The summed E-state index contributed by atoms with van der Waals surface area (Å²) in [6.45, 7) is 7.80. The summed E-state index contributed by atoms with van der Waals surface area (Å²) in [5, 5.41) is 3.40. The van der Waals surface area contributed by atoms with Crippen LogP contribution in [0.5, 0.6) is 0 Å². The minimum atomic E-state index is 0.253. The van der Waals surface area contributed by atoms with Gasteiger partial charge >= 0.3 is 0 Å². The fraction of sp³-hybridized carbons (Fsp3) is 1.00. The molecule has 12 heavy (non-hydrogen) atoms. The lowest BCUT2D eigenvalue weighted by atomic mass is 9.89. The normalized spacial score (nSPS) is 39.0. The quantitative estimate of drug-likeness (QED) is 0.646. The molecule has 2 aliphatic rings. The van der Waals surface area contributed by atoms with E-state index in [1.54, 1.807) is 0 Å². The van der Waals surface area contributed by atoms with E-state index in [-0.39, 0.29) is 6.23 Å². The Balaban J connectivity index is 2.06. The number of rotatable bonds is 1. The fourth-order valence-electron chi connectivity index (χ4n) is 2.35. The summed E-state index contributed by atoms with van der Waals surface area (Å²) < 4.78 is 5.91. The zero-order chi connectivity index (χ0) is 8.77. The van der Waals surface area contributed by atoms with Crippen LogP contribution >= 0.6 is 0 Å². The van der Waals surface area contributed by atoms with Gasteiger partial charge in [0.15, 0.2) is 0 Å². The minimum absolute atomic E-state index is 0.253. The number of nitrogens with one attached hydrogen (secondary N) is 1. The zero-order valence-electron chi connectivity index (χ0n) is 8.26. The molecule has 1 N–H and O–H groups in total. The highest BCUT2D eigenvalue weighted by atomic mass is 16.5. The first-order chi connectivity index (χ1) is 5.64. The molecule has 70 valence electrons. The summed E-state index contributed by atoms with van der Waals surface area (Å²) in [6.07, 6.45) is 3.46. The summed E-state index contributed by atoms with van der Waals surface area (Å²) in [5.74, 6) is 0.664. The third-order valence-electron chi connectivity index (χ3n) is 3.19. The number of hydrogen-bond donors (Lipinski definition) is 1. The zero-order valence-corrected chi connectivity index (χ0v) is 8.26. The van der Waals surface area contributed by atoms with Crippen molar-refractivity contribution >= 4 is 0 Å². The first kappa shape index (κ1) is 8.52. The van der Waals surface area contributed by atoms with Gasteiger partial charge in [0.05, 0.1) is 6.10 Å². The maximum atomic E-state index is 5.91. The first-order valence-corrected chi connectivity index (χ1v) is 5.03. The van der Waals surface area contributed by atoms with Crippen molar-refractivity contribution in [2.24, 2.45) is 11.3 Å². The van der Waals surface area contributed by atoms with Gasteiger partial charge in [-0.15, -0.1) is 0 Å². The van der Waals surface area contributed by atoms with Gasteiger partial charge in [-0.05, 0) is 25.7 Å². The molecule has 2 unspecified atom stereocenters. The number of ether oxygens (including phenoxy) is 1. The smallest absolute Gasteiger partial charge is 0.105 e. The molecule has 2 nitrogen and oxygen atoms in total. The molecule has 0 aromatic heterocycles. The predicted octanol–water partition coefficient (Wildman–Crippen LogP) is 1.76. The highest BCUT2D eigenvalue weighted by Gasteiger charge is 2.53. The van der Waals surface area contributed by atoms with E-state index in [1.165, 1.54) is 12.8 Å². The lowest BCUT2D eigenvalue weighted by Crippen LogP contribution is -2.50. The van der Waals surface area contributed by atoms with Crippen LogP contribution in [-0.2, 0) is 4.74 Å². The lowest BCUT2D eigenvalue weighted by Gasteiger charge is -2.38. The molecule has 2 heteroatoms. The molecular weight excluding hydrogens is 150 g/mol. The minimum Gasteiger partial charge on any atom is -0.360 e. The Morgan fingerprint density at radius 2 is 2.08 bits per heavy atom. The van der Waals surface area contributed by atoms with E-state index in [2.05, 4.69) is 26.1 Å². The van der Waals surface area contributed by atoms with Gasteiger partial charge in [-0.3, -0.25) is 5.32 Å². The van der Waals surface area contributed by atoms with Crippen LogP contribution < -0.4 is 5.32 Å². The van der Waals surface area contributed by atoms with Crippen molar-refractivity contribution in [3.8, 4) is 0 Å². The van der Waals surface area contributed by atoms with Crippen LogP contribution in [0.2, 0.25) is 0 Å². The van der Waals surface area contributed by atoms with Crippen molar-refractivity contribution in [2.75, 3.05) is 6.54 Å². The molecule has 1 saturated heterocycles. The van der Waals surface area contributed by atoms with Crippen molar-refractivity contribution in [2.45, 2.75) is 45.9 Å². The molecular formula is C10H19NO. The molecule has 0 aromatic carbocycles. The van der Waals surface area contributed by atoms with Gasteiger partial charge in [-0.2, -0.15) is 0 Å². The number of hydrogen-bond acceptors (Lipinski definition) is 2. The van der Waals surface area contributed by atoms with Crippen molar-refractivity contribution in [1.82, 2.24) is 5.32 Å². The third kappa shape index (κ3) is 1.27. The SMILES string of the molecule is CC1NCC2(CC2)C(C(C)C)O1. The van der Waals surface area contributed by atoms with Crippen LogP contribution in [0.15, 0.2) is 0 Å². The molecule has 0 amide bonds. The molecule has 0 radical (unpaired) electrons. The maximum absolute atomic E-state index is 5.91. The van der Waals surface area contributed by atoms with Crippen LogP contribution in [0.1, 0.15) is 33.6 Å². The maximum Gasteiger partial charge on any atom is 0.105 e. The summed E-state index contributed by atoms with van der Waals surface area (Å²) in [6, 6.07) is 0. The molecule has 2 rings (SSSR count). The van der Waals surface area contributed by atoms with E-state index in [9.17, 15) is 0 Å². The molecule has 1 aliphatic carbocycles. The fourth-order valence-corrected chi connectivity index (χ4v) is 2.35. The van der Waals surface area contributed by atoms with Crippen molar-refractivity contribution < 1.29 is 4.74 Å². The van der Waals surface area contributed by atoms with Crippen LogP contribution in [0.4, 0.5) is 0 Å². The summed E-state index contributed by atoms with van der Waals surface area (Å²) in [5.41, 5.74) is 0.515. The molecule has 1 spiro atoms. The molecule has 0 aromatic rings. The topological polar surface area (TPSA) is 21.3 Å². The monoisotopic (exact) mass is 169 g/mol. The van der Waals surface area contributed by atoms with Gasteiger partial charge in [0.1, 0.15) is 6.23 Å². The second kappa shape index (κ2) is 2.71. The largest absolute Gasteiger partial charge is 0.360 e. The van der Waals surface area contributed by atoms with E-state index in [4.69, 9.17) is 4.74 Å². The van der Waals surface area contributed by atoms with E-state index >= 15 is 0 Å². The van der Waals surface area contributed by atoms with Gasteiger partial charge in [0.25, 0.3) is 0 Å². The van der Waals surface area contributed by atoms with Gasteiger partial charge in [0.2, 0.25) is 0 Å². The third-order valence-corrected chi connectivity index (χ3v) is 3.19. The summed E-state index contributed by atoms with van der Waals surface area (Å²) in [4.78, 5) is 0. The molecule has 1 aliphatic heterocycles. The molecule has 2 fully saturated rings. The molecule has 0 bridgehead atoms. The van der Waals surface area contributed by atoms with Gasteiger partial charge in [0, 0.05) is 12.0 Å². The highest BCUT2D eigenvalue weighted by molar-refractivity contribution is 5.04. The Bertz CT molecular complexity index is 175. The van der Waals surface area contributed by atoms with E-state index in [1.807, 2.05) is 0 Å². The first-order valence-electron chi connectivity index (χ1n) is 5.03.